The molecule has 0 fully saturated rings. The first-order valence-electron chi connectivity index (χ1n) is 5.00. The Balaban J connectivity index is 2.96. The van der Waals surface area contributed by atoms with Crippen molar-refractivity contribution in [2.45, 2.75) is 33.6 Å². The van der Waals surface area contributed by atoms with Crippen molar-refractivity contribution in [1.29, 1.82) is 0 Å². The van der Waals surface area contributed by atoms with Crippen molar-refractivity contribution < 1.29 is 4.79 Å². The van der Waals surface area contributed by atoms with Gasteiger partial charge in [-0.3, -0.25) is 4.79 Å². The molecule has 0 radical (unpaired) electrons. The molecular formula is C12H17NO. The van der Waals surface area contributed by atoms with Crippen molar-refractivity contribution in [3.63, 3.8) is 0 Å². The molecule has 0 bridgehead atoms. The maximum Gasteiger partial charge on any atom is 0.221 e. The van der Waals surface area contributed by atoms with E-state index in [2.05, 4.69) is 24.4 Å². The summed E-state index contributed by atoms with van der Waals surface area (Å²) in [6.45, 7) is 5.70. The lowest BCUT2D eigenvalue weighted by atomic mass is 10.1. The van der Waals surface area contributed by atoms with Crippen molar-refractivity contribution in [3.8, 4) is 0 Å². The van der Waals surface area contributed by atoms with Crippen LogP contribution in [0.25, 0.3) is 0 Å². The number of aryl methyl sites for hydroxylation is 2. The van der Waals surface area contributed by atoms with Crippen LogP contribution in [0.2, 0.25) is 0 Å². The predicted octanol–water partition coefficient (Wildman–Crippen LogP) is 2.91. The van der Waals surface area contributed by atoms with Gasteiger partial charge < -0.3 is 5.32 Å². The lowest BCUT2D eigenvalue weighted by Gasteiger charge is -2.09. The molecule has 1 rings (SSSR count). The van der Waals surface area contributed by atoms with Crippen LogP contribution in [0.3, 0.4) is 0 Å². The van der Waals surface area contributed by atoms with Crippen molar-refractivity contribution in [1.82, 2.24) is 0 Å². The molecule has 0 unspecified atom stereocenters. The summed E-state index contributed by atoms with van der Waals surface area (Å²) in [6.07, 6.45) is 2.10. The summed E-state index contributed by atoms with van der Waals surface area (Å²) in [6, 6.07) is 6.19. The van der Waals surface area contributed by atoms with Gasteiger partial charge in [0.2, 0.25) is 5.91 Å². The Kier molecular flexibility index (Phi) is 3.69. The lowest BCUT2D eigenvalue weighted by molar-refractivity contribution is -0.114. The van der Waals surface area contributed by atoms with E-state index in [1.807, 2.05) is 13.0 Å². The minimum absolute atomic E-state index is 0.00652. The van der Waals surface area contributed by atoms with E-state index in [0.29, 0.717) is 0 Å². The third kappa shape index (κ3) is 2.87. The predicted molar refractivity (Wildman–Crippen MR) is 59.5 cm³/mol. The van der Waals surface area contributed by atoms with E-state index in [1.54, 1.807) is 0 Å². The van der Waals surface area contributed by atoms with Crippen LogP contribution in [0.15, 0.2) is 18.2 Å². The second-order valence-corrected chi connectivity index (χ2v) is 3.59. The van der Waals surface area contributed by atoms with E-state index >= 15 is 0 Å². The normalized spacial score (nSPS) is 9.93. The van der Waals surface area contributed by atoms with E-state index < -0.39 is 0 Å². The highest BCUT2D eigenvalue weighted by Gasteiger charge is 2.03. The molecule has 0 aromatic heterocycles. The molecule has 14 heavy (non-hydrogen) atoms. The second-order valence-electron chi connectivity index (χ2n) is 3.59. The number of carbonyl (C=O) groups excluding carboxylic acids is 1. The molecule has 2 nitrogen and oxygen atoms in total. The summed E-state index contributed by atoms with van der Waals surface area (Å²) in [5, 5.41) is 2.86. The maximum absolute atomic E-state index is 11.0. The molecule has 1 amide bonds. The molecule has 0 aliphatic heterocycles. The Morgan fingerprint density at radius 2 is 2.14 bits per heavy atom. The summed E-state index contributed by atoms with van der Waals surface area (Å²) in [7, 11) is 0. The van der Waals surface area contributed by atoms with Gasteiger partial charge in [-0.2, -0.15) is 0 Å². The Morgan fingerprint density at radius 3 is 2.71 bits per heavy atom. The third-order valence-electron chi connectivity index (χ3n) is 2.10. The number of nitrogens with one attached hydrogen (secondary N) is 1. The topological polar surface area (TPSA) is 29.1 Å². The number of hydrogen-bond donors (Lipinski definition) is 1. The highest BCUT2D eigenvalue weighted by atomic mass is 16.1. The van der Waals surface area contributed by atoms with Gasteiger partial charge >= 0.3 is 0 Å². The number of rotatable bonds is 3. The third-order valence-corrected chi connectivity index (χ3v) is 2.10. The van der Waals surface area contributed by atoms with E-state index in [4.69, 9.17) is 0 Å². The number of carbonyl (C=O) groups is 1. The first kappa shape index (κ1) is 10.8. The van der Waals surface area contributed by atoms with Crippen molar-refractivity contribution in [2.24, 2.45) is 0 Å². The van der Waals surface area contributed by atoms with Crippen LogP contribution in [0, 0.1) is 6.92 Å². The maximum atomic E-state index is 11.0. The van der Waals surface area contributed by atoms with Crippen LogP contribution in [0.4, 0.5) is 5.69 Å². The Hall–Kier alpha value is -1.31. The molecule has 1 aromatic carbocycles. The number of anilines is 1. The number of amides is 1. The molecule has 0 saturated heterocycles. The summed E-state index contributed by atoms with van der Waals surface area (Å²) >= 11 is 0. The number of hydrogen-bond acceptors (Lipinski definition) is 1. The van der Waals surface area contributed by atoms with Gasteiger partial charge in [0, 0.05) is 12.6 Å². The van der Waals surface area contributed by atoms with Gasteiger partial charge in [-0.1, -0.05) is 25.5 Å². The summed E-state index contributed by atoms with van der Waals surface area (Å²) in [5.74, 6) is -0.00652. The molecule has 0 atom stereocenters. The van der Waals surface area contributed by atoms with Crippen LogP contribution in [-0.2, 0) is 11.2 Å². The zero-order valence-electron chi connectivity index (χ0n) is 9.05. The molecular weight excluding hydrogens is 174 g/mol. The first-order valence-corrected chi connectivity index (χ1v) is 5.00. The molecule has 0 spiro atoms. The quantitative estimate of drug-likeness (QED) is 0.782. The van der Waals surface area contributed by atoms with Gasteiger partial charge in [0.1, 0.15) is 0 Å². The highest BCUT2D eigenvalue weighted by Crippen LogP contribution is 2.19. The van der Waals surface area contributed by atoms with Crippen LogP contribution in [-0.4, -0.2) is 5.91 Å². The van der Waals surface area contributed by atoms with Crippen LogP contribution >= 0.6 is 0 Å². The van der Waals surface area contributed by atoms with Crippen LogP contribution in [0.1, 0.15) is 31.4 Å². The Bertz CT molecular complexity index is 331. The average Bonchev–Trinajstić information content (AvgIpc) is 2.09. The second kappa shape index (κ2) is 4.80. The molecule has 0 aliphatic rings. The fourth-order valence-electron chi connectivity index (χ4n) is 1.48. The van der Waals surface area contributed by atoms with E-state index in [-0.39, 0.29) is 5.91 Å². The molecule has 2 heteroatoms. The first-order chi connectivity index (χ1) is 6.63. The summed E-state index contributed by atoms with van der Waals surface area (Å²) in [5.41, 5.74) is 3.35. The molecule has 0 heterocycles. The van der Waals surface area contributed by atoms with Gasteiger partial charge in [0.05, 0.1) is 0 Å². The average molecular weight is 191 g/mol. The van der Waals surface area contributed by atoms with E-state index in [0.717, 1.165) is 18.5 Å². The summed E-state index contributed by atoms with van der Waals surface area (Å²) in [4.78, 5) is 11.0. The Morgan fingerprint density at radius 1 is 1.43 bits per heavy atom. The van der Waals surface area contributed by atoms with Gasteiger partial charge in [0.15, 0.2) is 0 Å². The highest BCUT2D eigenvalue weighted by molar-refractivity contribution is 5.89. The summed E-state index contributed by atoms with van der Waals surface area (Å²) < 4.78 is 0. The standard InChI is InChI=1S/C12H17NO/c1-4-5-11-7-6-9(2)8-12(11)13-10(3)14/h6-8H,4-5H2,1-3H3,(H,13,14). The Labute approximate surface area is 85.3 Å². The van der Waals surface area contributed by atoms with Crippen molar-refractivity contribution in [2.75, 3.05) is 5.32 Å². The van der Waals surface area contributed by atoms with E-state index in [9.17, 15) is 4.79 Å². The zero-order chi connectivity index (χ0) is 10.6. The SMILES string of the molecule is CCCc1ccc(C)cc1NC(C)=O. The molecule has 1 aromatic rings. The zero-order valence-corrected chi connectivity index (χ0v) is 9.05. The fourth-order valence-corrected chi connectivity index (χ4v) is 1.48. The van der Waals surface area contributed by atoms with E-state index in [1.165, 1.54) is 18.1 Å². The van der Waals surface area contributed by atoms with Gasteiger partial charge in [-0.05, 0) is 30.5 Å². The van der Waals surface area contributed by atoms with Crippen molar-refractivity contribution in [3.05, 3.63) is 29.3 Å². The largest absolute Gasteiger partial charge is 0.326 e. The number of benzene rings is 1. The molecule has 1 N–H and O–H groups in total. The van der Waals surface area contributed by atoms with Gasteiger partial charge in [-0.15, -0.1) is 0 Å². The van der Waals surface area contributed by atoms with Gasteiger partial charge in [0.25, 0.3) is 0 Å². The molecule has 0 saturated carbocycles. The minimum Gasteiger partial charge on any atom is -0.326 e. The van der Waals surface area contributed by atoms with Crippen molar-refractivity contribution >= 4 is 11.6 Å². The lowest BCUT2D eigenvalue weighted by Crippen LogP contribution is -2.08. The van der Waals surface area contributed by atoms with Crippen LogP contribution < -0.4 is 5.32 Å². The van der Waals surface area contributed by atoms with Crippen LogP contribution in [0.5, 0.6) is 0 Å². The van der Waals surface area contributed by atoms with Gasteiger partial charge in [-0.25, -0.2) is 0 Å². The fraction of sp³-hybridized carbons (Fsp3) is 0.417. The monoisotopic (exact) mass is 191 g/mol. The molecule has 0 aliphatic carbocycles. The molecule has 76 valence electrons. The smallest absolute Gasteiger partial charge is 0.221 e. The minimum atomic E-state index is -0.00652.